The number of anilines is 1. The first-order valence-corrected chi connectivity index (χ1v) is 11.3. The predicted molar refractivity (Wildman–Crippen MR) is 116 cm³/mol. The molecule has 0 radical (unpaired) electrons. The van der Waals surface area contributed by atoms with Crippen molar-refractivity contribution in [1.82, 2.24) is 15.0 Å². The van der Waals surface area contributed by atoms with E-state index >= 15 is 0 Å². The molecule has 0 bridgehead atoms. The van der Waals surface area contributed by atoms with Crippen molar-refractivity contribution in [3.63, 3.8) is 0 Å². The number of aromatic nitrogens is 1. The molecule has 1 saturated carbocycles. The van der Waals surface area contributed by atoms with Crippen LogP contribution in [0.4, 0.5) is 18.9 Å². The molecule has 1 aliphatic heterocycles. The number of rotatable bonds is 6. The maximum absolute atomic E-state index is 14.0. The lowest BCUT2D eigenvalue weighted by molar-refractivity contribution is -0.133. The van der Waals surface area contributed by atoms with Gasteiger partial charge in [-0.05, 0) is 12.5 Å². The van der Waals surface area contributed by atoms with Crippen LogP contribution in [-0.2, 0) is 9.59 Å². The Morgan fingerprint density at radius 1 is 1.28 bits per heavy atom. The third-order valence-corrected chi connectivity index (χ3v) is 6.62. The van der Waals surface area contributed by atoms with Gasteiger partial charge in [-0.1, -0.05) is 41.7 Å². The molecule has 2 atom stereocenters. The zero-order chi connectivity index (χ0) is 22.9. The summed E-state index contributed by atoms with van der Waals surface area (Å²) >= 11 is 7.74. The minimum absolute atomic E-state index is 0.0627. The molecule has 2 aliphatic rings. The first-order chi connectivity index (χ1) is 15.2. The molecular formula is C21H20ClF3N4O2S. The van der Waals surface area contributed by atoms with E-state index in [9.17, 15) is 22.8 Å². The van der Waals surface area contributed by atoms with Gasteiger partial charge in [0.05, 0.1) is 24.1 Å². The minimum atomic E-state index is -2.83. The number of nitrogens with zero attached hydrogens (tertiary/aromatic N) is 2. The number of halogens is 4. The summed E-state index contributed by atoms with van der Waals surface area (Å²) in [4.78, 5) is 31.9. The fraction of sp³-hybridized carbons (Fsp3) is 0.381. The number of benzene rings is 1. The largest absolute Gasteiger partial charge is 0.351 e. The molecule has 6 nitrogen and oxygen atoms in total. The molecule has 2 fully saturated rings. The molecule has 1 aromatic heterocycles. The van der Waals surface area contributed by atoms with Crippen molar-refractivity contribution in [1.29, 1.82) is 0 Å². The summed E-state index contributed by atoms with van der Waals surface area (Å²) in [7, 11) is 0. The van der Waals surface area contributed by atoms with E-state index in [1.807, 2.05) is 0 Å². The SMILES string of the molecule is O=C(NC1CC(F)(F)C1)C(c1ccccc1Cl)N(C(=O)[C@@H]1CCSN1)c1cncc(F)c1. The molecule has 11 heteroatoms. The smallest absolute Gasteiger partial charge is 0.252 e. The fourth-order valence-corrected chi connectivity index (χ4v) is 4.94. The van der Waals surface area contributed by atoms with Crippen molar-refractivity contribution in [2.45, 2.75) is 43.3 Å². The van der Waals surface area contributed by atoms with Gasteiger partial charge < -0.3 is 5.32 Å². The summed E-state index contributed by atoms with van der Waals surface area (Å²) in [6.07, 6.45) is 1.80. The van der Waals surface area contributed by atoms with E-state index in [1.54, 1.807) is 24.3 Å². The van der Waals surface area contributed by atoms with Gasteiger partial charge in [0.15, 0.2) is 0 Å². The van der Waals surface area contributed by atoms with Gasteiger partial charge in [-0.25, -0.2) is 13.2 Å². The van der Waals surface area contributed by atoms with Crippen molar-refractivity contribution >= 4 is 41.1 Å². The van der Waals surface area contributed by atoms with Crippen LogP contribution in [0.15, 0.2) is 42.7 Å². The maximum atomic E-state index is 14.0. The normalized spacial score (nSPS) is 20.9. The summed E-state index contributed by atoms with van der Waals surface area (Å²) < 4.78 is 43.7. The highest BCUT2D eigenvalue weighted by molar-refractivity contribution is 7.97. The van der Waals surface area contributed by atoms with Crippen LogP contribution >= 0.6 is 23.5 Å². The molecule has 1 aliphatic carbocycles. The Morgan fingerprint density at radius 3 is 2.66 bits per heavy atom. The lowest BCUT2D eigenvalue weighted by atomic mass is 9.87. The molecule has 2 heterocycles. The van der Waals surface area contributed by atoms with Crippen molar-refractivity contribution < 1.29 is 22.8 Å². The summed E-state index contributed by atoms with van der Waals surface area (Å²) in [5, 5.41) is 2.81. The summed E-state index contributed by atoms with van der Waals surface area (Å²) in [6, 6.07) is 4.90. The number of carbonyl (C=O) groups excluding carboxylic acids is 2. The monoisotopic (exact) mass is 484 g/mol. The predicted octanol–water partition coefficient (Wildman–Crippen LogP) is 3.87. The van der Waals surface area contributed by atoms with Gasteiger partial charge in [0.1, 0.15) is 11.9 Å². The highest BCUT2D eigenvalue weighted by Crippen LogP contribution is 2.39. The molecule has 4 rings (SSSR count). The number of carbonyl (C=O) groups is 2. The van der Waals surface area contributed by atoms with Crippen LogP contribution < -0.4 is 14.9 Å². The number of amides is 2. The van der Waals surface area contributed by atoms with Crippen LogP contribution in [0.5, 0.6) is 0 Å². The molecule has 2 aromatic rings. The van der Waals surface area contributed by atoms with E-state index in [0.29, 0.717) is 17.7 Å². The van der Waals surface area contributed by atoms with Gasteiger partial charge >= 0.3 is 0 Å². The van der Waals surface area contributed by atoms with E-state index in [-0.39, 0.29) is 10.7 Å². The number of hydrogen-bond donors (Lipinski definition) is 2. The van der Waals surface area contributed by atoms with E-state index in [4.69, 9.17) is 11.6 Å². The average Bonchev–Trinajstić information content (AvgIpc) is 3.26. The Balaban J connectivity index is 1.76. The molecule has 0 spiro atoms. The van der Waals surface area contributed by atoms with Crippen molar-refractivity contribution in [3.8, 4) is 0 Å². The molecule has 1 saturated heterocycles. The topological polar surface area (TPSA) is 74.3 Å². The first kappa shape index (κ1) is 22.9. The summed E-state index contributed by atoms with van der Waals surface area (Å²) in [5.41, 5.74) is 0.355. The zero-order valence-corrected chi connectivity index (χ0v) is 18.3. The Labute approximate surface area is 192 Å². The van der Waals surface area contributed by atoms with E-state index in [1.165, 1.54) is 18.1 Å². The van der Waals surface area contributed by atoms with E-state index in [0.717, 1.165) is 17.2 Å². The van der Waals surface area contributed by atoms with Gasteiger partial charge in [-0.15, -0.1) is 0 Å². The van der Waals surface area contributed by atoms with Gasteiger partial charge in [-0.2, -0.15) is 0 Å². The van der Waals surface area contributed by atoms with Crippen LogP contribution in [0.25, 0.3) is 0 Å². The van der Waals surface area contributed by atoms with Gasteiger partial charge in [0.2, 0.25) is 11.8 Å². The van der Waals surface area contributed by atoms with Crippen LogP contribution in [0.3, 0.4) is 0 Å². The van der Waals surface area contributed by atoms with Crippen molar-refractivity contribution in [2.24, 2.45) is 0 Å². The maximum Gasteiger partial charge on any atom is 0.252 e. The molecule has 2 amide bonds. The Morgan fingerprint density at radius 2 is 2.03 bits per heavy atom. The third kappa shape index (κ3) is 4.87. The molecule has 170 valence electrons. The highest BCUT2D eigenvalue weighted by atomic mass is 35.5. The highest BCUT2D eigenvalue weighted by Gasteiger charge is 2.47. The Hall–Kier alpha value is -2.30. The quantitative estimate of drug-likeness (QED) is 0.609. The van der Waals surface area contributed by atoms with Crippen LogP contribution in [0.1, 0.15) is 30.9 Å². The molecule has 32 heavy (non-hydrogen) atoms. The second kappa shape index (κ2) is 9.29. The lowest BCUT2D eigenvalue weighted by Gasteiger charge is -2.38. The minimum Gasteiger partial charge on any atom is -0.351 e. The van der Waals surface area contributed by atoms with Crippen molar-refractivity contribution in [3.05, 3.63) is 59.1 Å². The number of nitrogens with one attached hydrogen (secondary N) is 2. The Bertz CT molecular complexity index is 1010. The van der Waals surface area contributed by atoms with Crippen molar-refractivity contribution in [2.75, 3.05) is 10.7 Å². The standard InChI is InChI=1S/C21H20ClF3N4O2S/c22-16-4-2-1-3-15(16)18(19(30)27-13-8-21(24,25)9-13)29(14-7-12(23)10-26-11-14)20(31)17-5-6-32-28-17/h1-4,7,10-11,13,17-18,28H,5-6,8-9H2,(H,27,30)/t17-,18?/m0/s1. The van der Waals surface area contributed by atoms with E-state index in [2.05, 4.69) is 15.0 Å². The van der Waals surface area contributed by atoms with E-state index < -0.39 is 54.5 Å². The Kier molecular flexibility index (Phi) is 6.64. The van der Waals surface area contributed by atoms with Crippen LogP contribution in [0, 0.1) is 5.82 Å². The average molecular weight is 485 g/mol. The zero-order valence-electron chi connectivity index (χ0n) is 16.7. The molecule has 1 unspecified atom stereocenters. The van der Waals surface area contributed by atoms with Crippen LogP contribution in [-0.4, -0.2) is 40.6 Å². The van der Waals surface area contributed by atoms with Gasteiger partial charge in [0.25, 0.3) is 5.92 Å². The number of hydrogen-bond acceptors (Lipinski definition) is 5. The van der Waals surface area contributed by atoms with Gasteiger partial charge in [-0.3, -0.25) is 24.2 Å². The van der Waals surface area contributed by atoms with Crippen LogP contribution in [0.2, 0.25) is 5.02 Å². The number of alkyl halides is 2. The molecular weight excluding hydrogens is 465 g/mol. The second-order valence-corrected chi connectivity index (χ2v) is 9.11. The first-order valence-electron chi connectivity index (χ1n) is 9.99. The third-order valence-electron chi connectivity index (χ3n) is 5.38. The summed E-state index contributed by atoms with van der Waals surface area (Å²) in [5.74, 6) is -3.98. The fourth-order valence-electron chi connectivity index (χ4n) is 3.81. The molecule has 2 N–H and O–H groups in total. The summed E-state index contributed by atoms with van der Waals surface area (Å²) in [6.45, 7) is 0. The number of pyridine rings is 1. The van der Waals surface area contributed by atoms with Gasteiger partial charge in [0, 0.05) is 41.3 Å². The second-order valence-electron chi connectivity index (χ2n) is 7.77. The molecule has 1 aromatic carbocycles. The lowest BCUT2D eigenvalue weighted by Crippen LogP contribution is -2.55.